The molecule has 5 heteroatoms. The summed E-state index contributed by atoms with van der Waals surface area (Å²) in [7, 11) is 3.50. The van der Waals surface area contributed by atoms with Gasteiger partial charge in [0, 0.05) is 33.9 Å². The number of aliphatic imine (C=N–C) groups is 1. The van der Waals surface area contributed by atoms with Crippen LogP contribution >= 0.6 is 24.0 Å². The van der Waals surface area contributed by atoms with E-state index >= 15 is 0 Å². The number of ether oxygens (including phenoxy) is 1. The van der Waals surface area contributed by atoms with Crippen molar-refractivity contribution < 1.29 is 4.74 Å². The molecule has 2 rings (SSSR count). The Hall–Kier alpha value is -1.34. The van der Waals surface area contributed by atoms with Gasteiger partial charge in [-0.3, -0.25) is 4.99 Å². The minimum absolute atomic E-state index is 0. The van der Waals surface area contributed by atoms with E-state index in [0.717, 1.165) is 32.1 Å². The Kier molecular flexibility index (Phi) is 8.84. The molecule has 0 unspecified atom stereocenters. The predicted molar refractivity (Wildman–Crippen MR) is 104 cm³/mol. The van der Waals surface area contributed by atoms with Gasteiger partial charge in [0.1, 0.15) is 0 Å². The Morgan fingerprint density at radius 3 is 2.59 bits per heavy atom. The summed E-state index contributed by atoms with van der Waals surface area (Å²) in [5.74, 6) is 0.819. The zero-order valence-electron chi connectivity index (χ0n) is 13.1. The molecule has 0 saturated heterocycles. The molecule has 0 aliphatic carbocycles. The third-order valence-electron chi connectivity index (χ3n) is 3.32. The molecule has 0 saturated carbocycles. The smallest absolute Gasteiger partial charge is 0.191 e. The third-order valence-corrected chi connectivity index (χ3v) is 3.32. The van der Waals surface area contributed by atoms with Crippen molar-refractivity contribution >= 4 is 40.7 Å². The first-order valence-electron chi connectivity index (χ1n) is 7.24. The lowest BCUT2D eigenvalue weighted by Crippen LogP contribution is -2.37. The summed E-state index contributed by atoms with van der Waals surface area (Å²) in [4.78, 5) is 4.22. The van der Waals surface area contributed by atoms with Gasteiger partial charge in [-0.25, -0.2) is 0 Å². The number of nitrogens with zero attached hydrogens (tertiary/aromatic N) is 1. The number of benzene rings is 2. The minimum Gasteiger partial charge on any atom is -0.385 e. The van der Waals surface area contributed by atoms with E-state index in [1.54, 1.807) is 14.2 Å². The van der Waals surface area contributed by atoms with Crippen molar-refractivity contribution in [1.29, 1.82) is 0 Å². The lowest BCUT2D eigenvalue weighted by molar-refractivity contribution is 0.195. The van der Waals surface area contributed by atoms with E-state index in [2.05, 4.69) is 58.1 Å². The molecule has 0 aliphatic rings. The van der Waals surface area contributed by atoms with Gasteiger partial charge in [0.15, 0.2) is 5.96 Å². The molecule has 0 aliphatic heterocycles. The Balaban J connectivity index is 0.00000242. The number of rotatable bonds is 6. The molecule has 0 radical (unpaired) electrons. The summed E-state index contributed by atoms with van der Waals surface area (Å²) in [5.41, 5.74) is 1.24. The van der Waals surface area contributed by atoms with Gasteiger partial charge in [0.25, 0.3) is 0 Å². The molecule has 2 aromatic carbocycles. The molecule has 120 valence electrons. The van der Waals surface area contributed by atoms with Crippen LogP contribution in [0, 0.1) is 0 Å². The molecule has 4 nitrogen and oxygen atoms in total. The number of hydrogen-bond acceptors (Lipinski definition) is 2. The van der Waals surface area contributed by atoms with Gasteiger partial charge in [-0.2, -0.15) is 0 Å². The van der Waals surface area contributed by atoms with Crippen molar-refractivity contribution in [2.24, 2.45) is 4.99 Å². The predicted octanol–water partition coefficient (Wildman–Crippen LogP) is 3.16. The molecule has 0 heterocycles. The van der Waals surface area contributed by atoms with E-state index in [1.165, 1.54) is 16.3 Å². The van der Waals surface area contributed by atoms with E-state index in [9.17, 15) is 0 Å². The first-order valence-corrected chi connectivity index (χ1v) is 7.24. The Bertz CT molecular complexity index is 601. The molecular weight excluding hydrogens is 389 g/mol. The number of nitrogens with one attached hydrogen (secondary N) is 2. The van der Waals surface area contributed by atoms with E-state index in [1.807, 2.05) is 0 Å². The highest BCUT2D eigenvalue weighted by atomic mass is 127. The molecule has 0 atom stereocenters. The average molecular weight is 413 g/mol. The second kappa shape index (κ2) is 10.4. The summed E-state index contributed by atoms with van der Waals surface area (Å²) < 4.78 is 5.03. The van der Waals surface area contributed by atoms with Gasteiger partial charge in [0.2, 0.25) is 0 Å². The fourth-order valence-electron chi connectivity index (χ4n) is 2.18. The Labute approximate surface area is 149 Å². The quantitative estimate of drug-likeness (QED) is 0.331. The van der Waals surface area contributed by atoms with Crippen LogP contribution < -0.4 is 10.6 Å². The maximum Gasteiger partial charge on any atom is 0.191 e. The van der Waals surface area contributed by atoms with E-state index in [4.69, 9.17) is 4.74 Å². The number of guanidine groups is 1. The molecule has 0 fully saturated rings. The van der Waals surface area contributed by atoms with Crippen molar-refractivity contribution in [2.75, 3.05) is 27.3 Å². The molecular formula is C17H24IN3O. The molecule has 0 spiro atoms. The summed E-state index contributed by atoms with van der Waals surface area (Å²) >= 11 is 0. The van der Waals surface area contributed by atoms with E-state index in [0.29, 0.717) is 0 Å². The molecule has 2 N–H and O–H groups in total. The zero-order chi connectivity index (χ0) is 14.9. The number of fused-ring (bicyclic) bond motifs is 1. The van der Waals surface area contributed by atoms with E-state index in [-0.39, 0.29) is 24.0 Å². The fourth-order valence-corrected chi connectivity index (χ4v) is 2.18. The van der Waals surface area contributed by atoms with Crippen LogP contribution in [0.5, 0.6) is 0 Å². The molecule has 0 amide bonds. The molecule has 0 aromatic heterocycles. The monoisotopic (exact) mass is 413 g/mol. The molecule has 22 heavy (non-hydrogen) atoms. The largest absolute Gasteiger partial charge is 0.385 e. The van der Waals surface area contributed by atoms with Crippen LogP contribution in [0.2, 0.25) is 0 Å². The first kappa shape index (κ1) is 18.7. The minimum atomic E-state index is 0. The van der Waals surface area contributed by atoms with Crippen molar-refractivity contribution in [3.63, 3.8) is 0 Å². The highest BCUT2D eigenvalue weighted by molar-refractivity contribution is 14.0. The van der Waals surface area contributed by atoms with Gasteiger partial charge >= 0.3 is 0 Å². The summed E-state index contributed by atoms with van der Waals surface area (Å²) in [6, 6.07) is 14.9. The normalized spacial score (nSPS) is 11.1. The van der Waals surface area contributed by atoms with Crippen LogP contribution in [-0.4, -0.2) is 33.3 Å². The fraction of sp³-hybridized carbons (Fsp3) is 0.353. The summed E-state index contributed by atoms with van der Waals surface area (Å²) in [5, 5.41) is 9.13. The third kappa shape index (κ3) is 5.81. The standard InChI is InChI=1S/C17H23N3O.HI/c1-18-17(19-10-5-11-21-2)20-13-14-8-9-15-6-3-4-7-16(15)12-14;/h3-4,6-9,12H,5,10-11,13H2,1-2H3,(H2,18,19,20);1H. The van der Waals surface area contributed by atoms with Gasteiger partial charge in [-0.05, 0) is 28.8 Å². The number of methoxy groups -OCH3 is 1. The van der Waals surface area contributed by atoms with Gasteiger partial charge in [0.05, 0.1) is 0 Å². The Morgan fingerprint density at radius 1 is 1.09 bits per heavy atom. The second-order valence-corrected chi connectivity index (χ2v) is 4.88. The van der Waals surface area contributed by atoms with Crippen molar-refractivity contribution in [1.82, 2.24) is 10.6 Å². The summed E-state index contributed by atoms with van der Waals surface area (Å²) in [6.07, 6.45) is 0.965. The lowest BCUT2D eigenvalue weighted by Gasteiger charge is -2.12. The lowest BCUT2D eigenvalue weighted by atomic mass is 10.1. The topological polar surface area (TPSA) is 45.7 Å². The highest BCUT2D eigenvalue weighted by Crippen LogP contribution is 2.15. The maximum absolute atomic E-state index is 5.03. The van der Waals surface area contributed by atoms with Crippen LogP contribution in [-0.2, 0) is 11.3 Å². The highest BCUT2D eigenvalue weighted by Gasteiger charge is 1.99. The SMILES string of the molecule is CN=C(NCCCOC)NCc1ccc2ccccc2c1.I. The van der Waals surface area contributed by atoms with Crippen LogP contribution in [0.1, 0.15) is 12.0 Å². The summed E-state index contributed by atoms with van der Waals surface area (Å²) in [6.45, 7) is 2.37. The second-order valence-electron chi connectivity index (χ2n) is 4.88. The number of halogens is 1. The average Bonchev–Trinajstić information content (AvgIpc) is 2.54. The maximum atomic E-state index is 5.03. The van der Waals surface area contributed by atoms with Gasteiger partial charge in [-0.15, -0.1) is 24.0 Å². The first-order chi connectivity index (χ1) is 10.3. The van der Waals surface area contributed by atoms with Crippen molar-refractivity contribution in [3.05, 3.63) is 48.0 Å². The van der Waals surface area contributed by atoms with Crippen LogP contribution in [0.3, 0.4) is 0 Å². The van der Waals surface area contributed by atoms with Crippen LogP contribution in [0.15, 0.2) is 47.5 Å². The van der Waals surface area contributed by atoms with Crippen molar-refractivity contribution in [3.8, 4) is 0 Å². The number of hydrogen-bond donors (Lipinski definition) is 2. The zero-order valence-corrected chi connectivity index (χ0v) is 15.5. The molecule has 0 bridgehead atoms. The van der Waals surface area contributed by atoms with E-state index < -0.39 is 0 Å². The molecule has 2 aromatic rings. The van der Waals surface area contributed by atoms with Crippen LogP contribution in [0.25, 0.3) is 10.8 Å². The van der Waals surface area contributed by atoms with Gasteiger partial charge in [-0.1, -0.05) is 36.4 Å². The van der Waals surface area contributed by atoms with Crippen molar-refractivity contribution in [2.45, 2.75) is 13.0 Å². The van der Waals surface area contributed by atoms with Gasteiger partial charge < -0.3 is 15.4 Å². The van der Waals surface area contributed by atoms with Crippen LogP contribution in [0.4, 0.5) is 0 Å². The Morgan fingerprint density at radius 2 is 1.86 bits per heavy atom.